The molecule has 0 atom stereocenters. The SMILES string of the molecule is [2H]C([2H])([2H])c1cc(-c2c([N+](=O)[O-])c3sc4ccccc4c3c3ccccc23)c2ccccc2c1. The van der Waals surface area contributed by atoms with Gasteiger partial charge in [0.1, 0.15) is 4.70 Å². The van der Waals surface area contributed by atoms with Crippen LogP contribution in [-0.4, -0.2) is 4.92 Å². The molecule has 5 aromatic carbocycles. The molecule has 31 heavy (non-hydrogen) atoms. The molecule has 0 saturated heterocycles. The fourth-order valence-corrected chi connectivity index (χ4v) is 5.85. The third-order valence-electron chi connectivity index (χ3n) is 5.83. The van der Waals surface area contributed by atoms with Gasteiger partial charge in [-0.2, -0.15) is 0 Å². The van der Waals surface area contributed by atoms with Crippen LogP contribution in [0.2, 0.25) is 0 Å². The number of nitro groups is 1. The minimum absolute atomic E-state index is 0.0164. The monoisotopic (exact) mass is 422 g/mol. The molecule has 0 aliphatic carbocycles. The predicted octanol–water partition coefficient (Wildman–Crippen LogP) is 8.24. The van der Waals surface area contributed by atoms with E-state index in [1.807, 2.05) is 72.8 Å². The van der Waals surface area contributed by atoms with Gasteiger partial charge in [-0.05, 0) is 45.6 Å². The lowest BCUT2D eigenvalue weighted by molar-refractivity contribution is -0.382. The Labute approximate surface area is 186 Å². The van der Waals surface area contributed by atoms with Crippen molar-refractivity contribution in [3.63, 3.8) is 0 Å². The summed E-state index contributed by atoms with van der Waals surface area (Å²) in [5.74, 6) is 0. The van der Waals surface area contributed by atoms with Crippen LogP contribution >= 0.6 is 11.3 Å². The van der Waals surface area contributed by atoms with Crippen LogP contribution in [0.1, 0.15) is 9.68 Å². The van der Waals surface area contributed by atoms with Crippen molar-refractivity contribution < 1.29 is 9.04 Å². The molecule has 0 radical (unpaired) electrons. The lowest BCUT2D eigenvalue weighted by Gasteiger charge is -2.14. The van der Waals surface area contributed by atoms with Gasteiger partial charge in [0.15, 0.2) is 0 Å². The van der Waals surface area contributed by atoms with E-state index in [0.29, 0.717) is 15.8 Å². The highest BCUT2D eigenvalue weighted by molar-refractivity contribution is 7.26. The molecule has 6 aromatic rings. The minimum atomic E-state index is -2.34. The summed E-state index contributed by atoms with van der Waals surface area (Å²) in [5, 5.41) is 17.7. The molecule has 0 aliphatic rings. The topological polar surface area (TPSA) is 43.1 Å². The number of aryl methyl sites for hydroxylation is 1. The smallest absolute Gasteiger partial charge is 0.258 e. The highest BCUT2D eigenvalue weighted by atomic mass is 32.1. The minimum Gasteiger partial charge on any atom is -0.258 e. The number of rotatable bonds is 2. The van der Waals surface area contributed by atoms with Gasteiger partial charge in [-0.25, -0.2) is 0 Å². The molecule has 0 N–H and O–H groups in total. The van der Waals surface area contributed by atoms with Crippen LogP contribution in [0, 0.1) is 17.0 Å². The van der Waals surface area contributed by atoms with E-state index >= 15 is 0 Å². The van der Waals surface area contributed by atoms with Gasteiger partial charge in [-0.1, -0.05) is 78.9 Å². The standard InChI is InChI=1S/C27H17NO2S/c1-16-14-17-8-2-3-9-18(17)22(15-16)24-19-10-4-5-11-20(19)25-21-12-6-7-13-23(21)31-27(25)26(24)28(29)30/h2-15H,1H3/i1D3. The van der Waals surface area contributed by atoms with Gasteiger partial charge in [0.05, 0.1) is 10.5 Å². The Hall–Kier alpha value is -3.76. The van der Waals surface area contributed by atoms with Gasteiger partial charge in [0.2, 0.25) is 0 Å². The van der Waals surface area contributed by atoms with Crippen LogP contribution < -0.4 is 0 Å². The Morgan fingerprint density at radius 2 is 1.52 bits per heavy atom. The number of nitro benzene ring substituents is 1. The maximum absolute atomic E-state index is 12.6. The van der Waals surface area contributed by atoms with Crippen molar-refractivity contribution in [1.29, 1.82) is 0 Å². The summed E-state index contributed by atoms with van der Waals surface area (Å²) in [6.07, 6.45) is 0. The van der Waals surface area contributed by atoms with E-state index in [-0.39, 0.29) is 16.2 Å². The fourth-order valence-electron chi connectivity index (χ4n) is 4.60. The van der Waals surface area contributed by atoms with E-state index in [9.17, 15) is 10.1 Å². The van der Waals surface area contributed by atoms with Crippen LogP contribution in [0.3, 0.4) is 0 Å². The Bertz CT molecular complexity index is 1790. The number of hydrogen-bond acceptors (Lipinski definition) is 3. The van der Waals surface area contributed by atoms with Crippen LogP contribution in [0.4, 0.5) is 5.69 Å². The van der Waals surface area contributed by atoms with Crippen LogP contribution in [0.15, 0.2) is 84.9 Å². The van der Waals surface area contributed by atoms with Crippen molar-refractivity contribution >= 4 is 58.7 Å². The zero-order valence-electron chi connectivity index (χ0n) is 19.3. The molecule has 0 spiro atoms. The largest absolute Gasteiger partial charge is 0.295 e. The maximum atomic E-state index is 12.6. The number of thiophene rings is 1. The van der Waals surface area contributed by atoms with E-state index < -0.39 is 6.85 Å². The van der Waals surface area contributed by atoms with Gasteiger partial charge in [0.25, 0.3) is 5.69 Å². The number of benzene rings is 5. The normalized spacial score (nSPS) is 13.5. The Morgan fingerprint density at radius 3 is 2.29 bits per heavy atom. The Morgan fingerprint density at radius 1 is 0.839 bits per heavy atom. The summed E-state index contributed by atoms with van der Waals surface area (Å²) >= 11 is 1.40. The first-order valence-electron chi connectivity index (χ1n) is 11.4. The molecule has 0 saturated carbocycles. The number of hydrogen-bond donors (Lipinski definition) is 0. The molecule has 4 heteroatoms. The quantitative estimate of drug-likeness (QED) is 0.208. The summed E-state index contributed by atoms with van der Waals surface area (Å²) in [6, 6.07) is 26.2. The van der Waals surface area contributed by atoms with Gasteiger partial charge in [-0.15, -0.1) is 11.3 Å². The molecule has 1 heterocycles. The second-order valence-corrected chi connectivity index (χ2v) is 8.63. The third kappa shape index (κ3) is 2.58. The summed E-state index contributed by atoms with van der Waals surface area (Å²) < 4.78 is 25.6. The molecule has 0 amide bonds. The van der Waals surface area contributed by atoms with Gasteiger partial charge >= 0.3 is 0 Å². The second kappa shape index (κ2) is 6.62. The van der Waals surface area contributed by atoms with E-state index in [1.54, 1.807) is 12.1 Å². The average molecular weight is 423 g/mol. The van der Waals surface area contributed by atoms with E-state index in [1.165, 1.54) is 11.3 Å². The molecule has 0 bridgehead atoms. The summed E-state index contributed by atoms with van der Waals surface area (Å²) in [5.41, 5.74) is 1.20. The lowest BCUT2D eigenvalue weighted by atomic mass is 9.89. The predicted molar refractivity (Wildman–Crippen MR) is 131 cm³/mol. The molecule has 6 rings (SSSR count). The Balaban J connectivity index is 1.90. The molecule has 3 nitrogen and oxygen atoms in total. The van der Waals surface area contributed by atoms with E-state index in [4.69, 9.17) is 4.11 Å². The van der Waals surface area contributed by atoms with Crippen LogP contribution in [-0.2, 0) is 0 Å². The average Bonchev–Trinajstić information content (AvgIpc) is 3.21. The highest BCUT2D eigenvalue weighted by Gasteiger charge is 2.27. The van der Waals surface area contributed by atoms with Crippen molar-refractivity contribution in [2.45, 2.75) is 6.85 Å². The summed E-state index contributed by atoms with van der Waals surface area (Å²) in [7, 11) is 0. The van der Waals surface area contributed by atoms with Crippen molar-refractivity contribution in [3.8, 4) is 11.1 Å². The molecular weight excluding hydrogens is 402 g/mol. The lowest BCUT2D eigenvalue weighted by Crippen LogP contribution is -1.95. The first kappa shape index (κ1) is 15.1. The molecule has 0 fully saturated rings. The highest BCUT2D eigenvalue weighted by Crippen LogP contribution is 2.50. The first-order chi connectivity index (χ1) is 16.3. The molecule has 0 aliphatic heterocycles. The third-order valence-corrected chi connectivity index (χ3v) is 7.00. The van der Waals surface area contributed by atoms with Crippen LogP contribution in [0.5, 0.6) is 0 Å². The number of fused-ring (bicyclic) bond motifs is 6. The molecule has 1 aromatic heterocycles. The van der Waals surface area contributed by atoms with Crippen molar-refractivity contribution in [2.24, 2.45) is 0 Å². The zero-order chi connectivity index (χ0) is 23.6. The van der Waals surface area contributed by atoms with E-state index in [2.05, 4.69) is 0 Å². The van der Waals surface area contributed by atoms with Crippen LogP contribution in [0.25, 0.3) is 52.8 Å². The first-order valence-corrected chi connectivity index (χ1v) is 10.7. The number of nitrogens with zero attached hydrogens (tertiary/aromatic N) is 1. The molecule has 148 valence electrons. The summed E-state index contributed by atoms with van der Waals surface area (Å²) in [6.45, 7) is -2.34. The molecule has 0 unspecified atom stereocenters. The zero-order valence-corrected chi connectivity index (χ0v) is 17.1. The second-order valence-electron chi connectivity index (χ2n) is 7.57. The fraction of sp³-hybridized carbons (Fsp3) is 0.0370. The summed E-state index contributed by atoms with van der Waals surface area (Å²) in [4.78, 5) is 12.3. The van der Waals surface area contributed by atoms with Crippen molar-refractivity contribution in [3.05, 3.63) is 101 Å². The Kier molecular flexibility index (Phi) is 3.23. The van der Waals surface area contributed by atoms with Gasteiger partial charge < -0.3 is 0 Å². The molecular formula is C27H17NO2S. The van der Waals surface area contributed by atoms with Crippen molar-refractivity contribution in [2.75, 3.05) is 0 Å². The van der Waals surface area contributed by atoms with Gasteiger partial charge in [-0.3, -0.25) is 10.1 Å². The van der Waals surface area contributed by atoms with E-state index in [0.717, 1.165) is 37.0 Å². The van der Waals surface area contributed by atoms with Gasteiger partial charge in [0, 0.05) is 19.6 Å². The maximum Gasteiger partial charge on any atom is 0.295 e. The van der Waals surface area contributed by atoms with Crippen molar-refractivity contribution in [1.82, 2.24) is 0 Å².